The standard InChI is InChI=1S/C16H22BNO3.C13H17BO4/c1-15(2)16(3,4)21-17(20-15)13-8-5-7-12(11-13)14(19)18-9-6-10-18;1-12(2)13(3,4)18-14(17-12)10-7-5-6-9(8-10)11(15)16/h5,7-8,11H,6,9-10H2,1-4H3;5-8H,1-4H3,(H,15,16). The van der Waals surface area contributed by atoms with Crippen LogP contribution in [0.15, 0.2) is 48.5 Å². The Morgan fingerprint density at radius 3 is 1.44 bits per heavy atom. The third kappa shape index (κ3) is 5.94. The molecule has 39 heavy (non-hydrogen) atoms. The number of amides is 1. The van der Waals surface area contributed by atoms with Crippen LogP contribution in [0.4, 0.5) is 0 Å². The molecular formula is C29H39B2NO7. The predicted octanol–water partition coefficient (Wildman–Crippen LogP) is 3.52. The van der Waals surface area contributed by atoms with Crippen LogP contribution in [0.1, 0.15) is 82.5 Å². The largest absolute Gasteiger partial charge is 0.494 e. The van der Waals surface area contributed by atoms with E-state index >= 15 is 0 Å². The highest BCUT2D eigenvalue weighted by molar-refractivity contribution is 6.62. The molecule has 2 aromatic rings. The minimum Gasteiger partial charge on any atom is -0.478 e. The third-order valence-electron chi connectivity index (χ3n) is 8.46. The molecule has 3 fully saturated rings. The number of carboxylic acid groups (broad SMARTS) is 1. The highest BCUT2D eigenvalue weighted by Crippen LogP contribution is 2.37. The Hall–Kier alpha value is -2.65. The van der Waals surface area contributed by atoms with Crippen molar-refractivity contribution in [2.45, 2.75) is 84.2 Å². The molecule has 0 atom stereocenters. The van der Waals surface area contributed by atoms with Crippen molar-refractivity contribution in [1.82, 2.24) is 4.90 Å². The van der Waals surface area contributed by atoms with Crippen molar-refractivity contribution in [3.8, 4) is 0 Å². The van der Waals surface area contributed by atoms with Crippen molar-refractivity contribution in [3.05, 3.63) is 59.7 Å². The lowest BCUT2D eigenvalue weighted by Gasteiger charge is -2.32. The topological polar surface area (TPSA) is 94.5 Å². The Kier molecular flexibility index (Phi) is 7.82. The van der Waals surface area contributed by atoms with Crippen LogP contribution in [0.25, 0.3) is 0 Å². The van der Waals surface area contributed by atoms with Crippen LogP contribution >= 0.6 is 0 Å². The zero-order valence-corrected chi connectivity index (χ0v) is 24.2. The highest BCUT2D eigenvalue weighted by Gasteiger charge is 2.52. The molecule has 0 spiro atoms. The maximum absolute atomic E-state index is 12.3. The van der Waals surface area contributed by atoms with E-state index in [1.165, 1.54) is 0 Å². The number of carboxylic acids is 1. The molecule has 3 aliphatic rings. The monoisotopic (exact) mass is 535 g/mol. The number of hydrogen-bond acceptors (Lipinski definition) is 6. The van der Waals surface area contributed by atoms with Crippen molar-refractivity contribution in [2.75, 3.05) is 13.1 Å². The third-order valence-corrected chi connectivity index (χ3v) is 8.46. The first kappa shape index (κ1) is 29.3. The van der Waals surface area contributed by atoms with Crippen LogP contribution in [0.5, 0.6) is 0 Å². The van der Waals surface area contributed by atoms with E-state index in [-0.39, 0.29) is 22.7 Å². The SMILES string of the molecule is CC1(C)OB(c2cccc(C(=O)N3CCC3)c2)OC1(C)C.CC1(C)OB(c2cccc(C(=O)O)c2)OC1(C)C. The molecule has 0 bridgehead atoms. The molecule has 3 heterocycles. The number of benzene rings is 2. The normalized spacial score (nSPS) is 22.1. The van der Waals surface area contributed by atoms with E-state index in [9.17, 15) is 9.59 Å². The molecule has 0 saturated carbocycles. The van der Waals surface area contributed by atoms with Gasteiger partial charge in [0.05, 0.1) is 28.0 Å². The number of carbonyl (C=O) groups excluding carboxylic acids is 1. The van der Waals surface area contributed by atoms with Gasteiger partial charge in [-0.05, 0) is 97.0 Å². The second-order valence-electron chi connectivity index (χ2n) is 12.4. The van der Waals surface area contributed by atoms with Gasteiger partial charge in [-0.25, -0.2) is 4.79 Å². The summed E-state index contributed by atoms with van der Waals surface area (Å²) in [5.74, 6) is -0.854. The second-order valence-corrected chi connectivity index (χ2v) is 12.4. The Balaban J connectivity index is 0.000000183. The van der Waals surface area contributed by atoms with Gasteiger partial charge in [0.1, 0.15) is 0 Å². The first-order valence-electron chi connectivity index (χ1n) is 13.5. The molecule has 10 heteroatoms. The molecule has 3 saturated heterocycles. The molecule has 0 unspecified atom stereocenters. The van der Waals surface area contributed by atoms with Gasteiger partial charge >= 0.3 is 20.2 Å². The molecule has 208 valence electrons. The Bertz CT molecular complexity index is 1210. The first-order chi connectivity index (χ1) is 18.0. The van der Waals surface area contributed by atoms with Gasteiger partial charge in [0.15, 0.2) is 0 Å². The molecule has 3 aliphatic heterocycles. The minimum absolute atomic E-state index is 0.0969. The summed E-state index contributed by atoms with van der Waals surface area (Å²) in [5, 5.41) is 8.98. The van der Waals surface area contributed by atoms with E-state index in [1.807, 2.05) is 90.6 Å². The van der Waals surface area contributed by atoms with Crippen molar-refractivity contribution in [3.63, 3.8) is 0 Å². The number of likely N-dealkylation sites (tertiary alicyclic amines) is 1. The van der Waals surface area contributed by atoms with E-state index in [4.69, 9.17) is 23.7 Å². The number of hydrogen-bond donors (Lipinski definition) is 1. The maximum atomic E-state index is 12.3. The molecule has 0 radical (unpaired) electrons. The predicted molar refractivity (Wildman–Crippen MR) is 152 cm³/mol. The average Bonchev–Trinajstić information content (AvgIpc) is 3.18. The smallest absolute Gasteiger partial charge is 0.478 e. The van der Waals surface area contributed by atoms with E-state index in [0.717, 1.165) is 30.4 Å². The summed E-state index contributed by atoms with van der Waals surface area (Å²) < 4.78 is 23.8. The Labute approximate surface area is 232 Å². The fourth-order valence-electron chi connectivity index (χ4n) is 4.30. The minimum atomic E-state index is -0.951. The van der Waals surface area contributed by atoms with Gasteiger partial charge in [-0.2, -0.15) is 0 Å². The summed E-state index contributed by atoms with van der Waals surface area (Å²) in [6, 6.07) is 14.3. The van der Waals surface area contributed by atoms with Crippen LogP contribution in [-0.4, -0.2) is 71.6 Å². The van der Waals surface area contributed by atoms with Crippen molar-refractivity contribution >= 4 is 37.0 Å². The van der Waals surface area contributed by atoms with Crippen molar-refractivity contribution in [2.24, 2.45) is 0 Å². The molecule has 1 N–H and O–H groups in total. The summed E-state index contributed by atoms with van der Waals surface area (Å²) in [5.41, 5.74) is 1.01. The van der Waals surface area contributed by atoms with Gasteiger partial charge in [0.2, 0.25) is 0 Å². The lowest BCUT2D eigenvalue weighted by molar-refractivity contribution is 0.00578. The molecule has 0 aromatic heterocycles. The van der Waals surface area contributed by atoms with Crippen LogP contribution in [0.2, 0.25) is 0 Å². The zero-order valence-electron chi connectivity index (χ0n) is 24.2. The van der Waals surface area contributed by atoms with Gasteiger partial charge in [-0.15, -0.1) is 0 Å². The van der Waals surface area contributed by atoms with Gasteiger partial charge in [-0.3, -0.25) is 4.79 Å². The van der Waals surface area contributed by atoms with Crippen molar-refractivity contribution in [1.29, 1.82) is 0 Å². The summed E-state index contributed by atoms with van der Waals surface area (Å²) >= 11 is 0. The van der Waals surface area contributed by atoms with Crippen molar-refractivity contribution < 1.29 is 33.3 Å². The highest BCUT2D eigenvalue weighted by atomic mass is 16.7. The van der Waals surface area contributed by atoms with Gasteiger partial charge in [0, 0.05) is 18.7 Å². The van der Waals surface area contributed by atoms with Gasteiger partial charge in [0.25, 0.3) is 5.91 Å². The lowest BCUT2D eigenvalue weighted by atomic mass is 9.78. The summed E-state index contributed by atoms with van der Waals surface area (Å²) in [7, 11) is -0.937. The summed E-state index contributed by atoms with van der Waals surface area (Å²) in [6.07, 6.45) is 1.10. The van der Waals surface area contributed by atoms with Crippen LogP contribution in [0.3, 0.4) is 0 Å². The fourth-order valence-corrected chi connectivity index (χ4v) is 4.30. The van der Waals surface area contributed by atoms with Crippen LogP contribution in [-0.2, 0) is 18.6 Å². The summed E-state index contributed by atoms with van der Waals surface area (Å²) in [6.45, 7) is 17.7. The van der Waals surface area contributed by atoms with E-state index in [0.29, 0.717) is 5.56 Å². The molecule has 2 aromatic carbocycles. The Morgan fingerprint density at radius 2 is 1.08 bits per heavy atom. The summed E-state index contributed by atoms with van der Waals surface area (Å²) in [4.78, 5) is 25.1. The first-order valence-corrected chi connectivity index (χ1v) is 13.5. The zero-order chi connectivity index (χ0) is 28.8. The van der Waals surface area contributed by atoms with E-state index in [1.54, 1.807) is 18.2 Å². The number of carbonyl (C=O) groups is 2. The lowest BCUT2D eigenvalue weighted by Crippen LogP contribution is -2.42. The van der Waals surface area contributed by atoms with Crippen LogP contribution < -0.4 is 10.9 Å². The fraction of sp³-hybridized carbons (Fsp3) is 0.517. The number of rotatable bonds is 4. The Morgan fingerprint density at radius 1 is 0.692 bits per heavy atom. The molecular weight excluding hydrogens is 496 g/mol. The maximum Gasteiger partial charge on any atom is 0.494 e. The van der Waals surface area contributed by atoms with Gasteiger partial charge < -0.3 is 28.6 Å². The quantitative estimate of drug-likeness (QED) is 0.599. The molecule has 8 nitrogen and oxygen atoms in total. The molecule has 0 aliphatic carbocycles. The van der Waals surface area contributed by atoms with E-state index < -0.39 is 31.4 Å². The van der Waals surface area contributed by atoms with E-state index in [2.05, 4.69) is 0 Å². The molecule has 5 rings (SSSR count). The van der Waals surface area contributed by atoms with Crippen LogP contribution in [0, 0.1) is 0 Å². The average molecular weight is 535 g/mol. The number of nitrogens with zero attached hydrogens (tertiary/aromatic N) is 1. The second kappa shape index (κ2) is 10.4. The molecule has 1 amide bonds. The van der Waals surface area contributed by atoms with Gasteiger partial charge in [-0.1, -0.05) is 24.3 Å². The number of aromatic carboxylic acids is 1.